The summed E-state index contributed by atoms with van der Waals surface area (Å²) in [5.74, 6) is 0. The lowest BCUT2D eigenvalue weighted by atomic mass is 10.1. The molecule has 4 aromatic rings. The van der Waals surface area contributed by atoms with E-state index in [1.165, 1.54) is 31.2 Å². The molecule has 94 valence electrons. The molecule has 0 saturated carbocycles. The molecular weight excluding hydrogens is 250 g/mol. The lowest BCUT2D eigenvalue weighted by Gasteiger charge is -2.09. The van der Waals surface area contributed by atoms with Crippen LogP contribution in [0.15, 0.2) is 48.5 Å². The minimum Gasteiger partial charge on any atom is -0.330 e. The Labute approximate surface area is 116 Å². The van der Waals surface area contributed by atoms with Crippen LogP contribution in [0, 0.1) is 0 Å². The van der Waals surface area contributed by atoms with Gasteiger partial charge in [0.2, 0.25) is 0 Å². The predicted octanol–water partition coefficient (Wildman–Crippen LogP) is 5.59. The van der Waals surface area contributed by atoms with E-state index in [-0.39, 0.29) is 0 Å². The summed E-state index contributed by atoms with van der Waals surface area (Å²) in [7, 11) is 0. The minimum atomic E-state index is 0.482. The van der Waals surface area contributed by atoms with Gasteiger partial charge in [0.15, 0.2) is 0 Å². The van der Waals surface area contributed by atoms with Gasteiger partial charge in [-0.1, -0.05) is 36.4 Å². The highest BCUT2D eigenvalue weighted by molar-refractivity contribution is 7.25. The second-order valence-electron chi connectivity index (χ2n) is 5.26. The first kappa shape index (κ1) is 11.1. The van der Waals surface area contributed by atoms with Crippen molar-refractivity contribution in [2.45, 2.75) is 19.9 Å². The molecule has 0 unspecified atom stereocenters. The van der Waals surface area contributed by atoms with Gasteiger partial charge in [0.25, 0.3) is 0 Å². The third kappa shape index (κ3) is 1.41. The Hall–Kier alpha value is -1.80. The van der Waals surface area contributed by atoms with Gasteiger partial charge in [-0.05, 0) is 26.0 Å². The van der Waals surface area contributed by atoms with E-state index in [0.717, 1.165) is 0 Å². The maximum Gasteiger partial charge on any atom is 0.105 e. The summed E-state index contributed by atoms with van der Waals surface area (Å²) in [6.45, 7) is 4.52. The molecule has 2 heteroatoms. The Morgan fingerprint density at radius 2 is 1.58 bits per heavy atom. The van der Waals surface area contributed by atoms with E-state index in [9.17, 15) is 0 Å². The van der Waals surface area contributed by atoms with Gasteiger partial charge in [0, 0.05) is 32.4 Å². The van der Waals surface area contributed by atoms with Gasteiger partial charge < -0.3 is 4.57 Å². The van der Waals surface area contributed by atoms with Crippen LogP contribution in [0.3, 0.4) is 0 Å². The highest BCUT2D eigenvalue weighted by Crippen LogP contribution is 2.41. The van der Waals surface area contributed by atoms with Crippen molar-refractivity contribution in [1.29, 1.82) is 0 Å². The van der Waals surface area contributed by atoms with Gasteiger partial charge in [0.05, 0.1) is 0 Å². The van der Waals surface area contributed by atoms with Gasteiger partial charge in [-0.25, -0.2) is 0 Å². The highest BCUT2D eigenvalue weighted by atomic mass is 32.1. The molecule has 0 radical (unpaired) electrons. The van der Waals surface area contributed by atoms with Crippen LogP contribution in [-0.4, -0.2) is 4.57 Å². The second-order valence-corrected chi connectivity index (χ2v) is 6.29. The van der Waals surface area contributed by atoms with Crippen LogP contribution in [0.25, 0.3) is 31.2 Å². The van der Waals surface area contributed by atoms with E-state index in [2.05, 4.69) is 66.9 Å². The predicted molar refractivity (Wildman–Crippen MR) is 85.2 cm³/mol. The maximum atomic E-state index is 2.47. The van der Waals surface area contributed by atoms with Crippen molar-refractivity contribution in [3.05, 3.63) is 48.5 Å². The standard InChI is InChI=1S/C17H15NS/c1-11(2)18-14-9-5-3-7-12(14)16-13-8-4-6-10-15(13)19-17(16)18/h3-11H,1-2H3. The summed E-state index contributed by atoms with van der Waals surface area (Å²) in [6.07, 6.45) is 0. The average Bonchev–Trinajstić information content (AvgIpc) is 2.91. The van der Waals surface area contributed by atoms with Crippen LogP contribution in [-0.2, 0) is 0 Å². The Morgan fingerprint density at radius 1 is 0.895 bits per heavy atom. The summed E-state index contributed by atoms with van der Waals surface area (Å²) in [5.41, 5.74) is 1.35. The maximum absolute atomic E-state index is 2.47. The largest absolute Gasteiger partial charge is 0.330 e. The van der Waals surface area contributed by atoms with Gasteiger partial charge in [-0.3, -0.25) is 0 Å². The van der Waals surface area contributed by atoms with Gasteiger partial charge in [-0.2, -0.15) is 0 Å². The first-order chi connectivity index (χ1) is 9.27. The summed E-state index contributed by atoms with van der Waals surface area (Å²) < 4.78 is 3.85. The molecule has 19 heavy (non-hydrogen) atoms. The van der Waals surface area contributed by atoms with E-state index in [1.54, 1.807) is 0 Å². The Balaban J connectivity index is 2.34. The van der Waals surface area contributed by atoms with E-state index in [1.807, 2.05) is 11.3 Å². The number of hydrogen-bond donors (Lipinski definition) is 0. The zero-order valence-corrected chi connectivity index (χ0v) is 11.9. The number of benzene rings is 2. The van der Waals surface area contributed by atoms with Crippen molar-refractivity contribution in [2.24, 2.45) is 0 Å². The Bertz CT molecular complexity index is 895. The molecular formula is C17H15NS. The SMILES string of the molecule is CC(C)n1c2ccccc2c2c3ccccc3sc21. The first-order valence-electron chi connectivity index (χ1n) is 6.67. The number of para-hydroxylation sites is 1. The van der Waals surface area contributed by atoms with Crippen LogP contribution < -0.4 is 0 Å². The first-order valence-corrected chi connectivity index (χ1v) is 7.49. The van der Waals surface area contributed by atoms with Gasteiger partial charge >= 0.3 is 0 Å². The van der Waals surface area contributed by atoms with Crippen LogP contribution in [0.2, 0.25) is 0 Å². The molecule has 1 nitrogen and oxygen atoms in total. The third-order valence-corrected chi connectivity index (χ3v) is 4.92. The van der Waals surface area contributed by atoms with E-state index < -0.39 is 0 Å². The fourth-order valence-corrected chi connectivity index (χ4v) is 4.34. The molecule has 0 N–H and O–H groups in total. The van der Waals surface area contributed by atoms with Crippen molar-refractivity contribution in [3.63, 3.8) is 0 Å². The third-order valence-electron chi connectivity index (χ3n) is 3.75. The van der Waals surface area contributed by atoms with Crippen molar-refractivity contribution < 1.29 is 0 Å². The van der Waals surface area contributed by atoms with Crippen LogP contribution in [0.1, 0.15) is 19.9 Å². The molecule has 4 rings (SSSR count). The fraction of sp³-hybridized carbons (Fsp3) is 0.176. The summed E-state index contributed by atoms with van der Waals surface area (Å²) >= 11 is 1.91. The molecule has 0 spiro atoms. The highest BCUT2D eigenvalue weighted by Gasteiger charge is 2.16. The number of thiophene rings is 1. The quantitative estimate of drug-likeness (QED) is 0.423. The average molecular weight is 265 g/mol. The monoisotopic (exact) mass is 265 g/mol. The zero-order chi connectivity index (χ0) is 13.0. The van der Waals surface area contributed by atoms with Crippen LogP contribution >= 0.6 is 11.3 Å². The molecule has 2 aromatic carbocycles. The lowest BCUT2D eigenvalue weighted by Crippen LogP contribution is -1.98. The molecule has 2 heterocycles. The van der Waals surface area contributed by atoms with Crippen LogP contribution in [0.5, 0.6) is 0 Å². The smallest absolute Gasteiger partial charge is 0.105 e. The number of rotatable bonds is 1. The summed E-state index contributed by atoms with van der Waals surface area (Å²) in [5, 5.41) is 4.19. The number of aromatic nitrogens is 1. The number of hydrogen-bond acceptors (Lipinski definition) is 1. The van der Waals surface area contributed by atoms with Gasteiger partial charge in [0.1, 0.15) is 4.83 Å². The van der Waals surface area contributed by atoms with Crippen molar-refractivity contribution in [2.75, 3.05) is 0 Å². The molecule has 0 aliphatic heterocycles. The molecule has 0 fully saturated rings. The summed E-state index contributed by atoms with van der Waals surface area (Å²) in [4.78, 5) is 1.40. The number of fused-ring (bicyclic) bond motifs is 5. The molecule has 0 bridgehead atoms. The normalized spacial score (nSPS) is 12.2. The van der Waals surface area contributed by atoms with E-state index in [4.69, 9.17) is 0 Å². The van der Waals surface area contributed by atoms with Gasteiger partial charge in [-0.15, -0.1) is 11.3 Å². The lowest BCUT2D eigenvalue weighted by molar-refractivity contribution is 0.645. The fourth-order valence-electron chi connectivity index (χ4n) is 2.98. The van der Waals surface area contributed by atoms with Crippen molar-refractivity contribution in [3.8, 4) is 0 Å². The molecule has 2 aromatic heterocycles. The molecule has 0 aliphatic rings. The summed E-state index contributed by atoms with van der Waals surface area (Å²) in [6, 6.07) is 18.0. The Morgan fingerprint density at radius 3 is 2.37 bits per heavy atom. The van der Waals surface area contributed by atoms with Crippen molar-refractivity contribution >= 4 is 42.5 Å². The van der Waals surface area contributed by atoms with E-state index >= 15 is 0 Å². The molecule has 0 aliphatic carbocycles. The molecule has 0 amide bonds. The van der Waals surface area contributed by atoms with Crippen LogP contribution in [0.4, 0.5) is 0 Å². The zero-order valence-electron chi connectivity index (χ0n) is 11.1. The second kappa shape index (κ2) is 3.84. The molecule has 0 saturated heterocycles. The van der Waals surface area contributed by atoms with Crippen molar-refractivity contribution in [1.82, 2.24) is 4.57 Å². The minimum absolute atomic E-state index is 0.482. The van der Waals surface area contributed by atoms with E-state index in [0.29, 0.717) is 6.04 Å². The topological polar surface area (TPSA) is 4.93 Å². The Kier molecular flexibility index (Phi) is 2.24. The number of nitrogens with zero attached hydrogens (tertiary/aromatic N) is 1. The molecule has 0 atom stereocenters.